The third kappa shape index (κ3) is 11.2. The Bertz CT molecular complexity index is 2190. The van der Waals surface area contributed by atoms with Gasteiger partial charge in [0.15, 0.2) is 5.78 Å². The first-order chi connectivity index (χ1) is 27.1. The van der Waals surface area contributed by atoms with Crippen molar-refractivity contribution < 1.29 is 30.0 Å². The molecule has 0 saturated carbocycles. The Hall–Kier alpha value is -2.70. The molecule has 0 fully saturated rings. The van der Waals surface area contributed by atoms with Crippen molar-refractivity contribution in [2.75, 3.05) is 0 Å². The first kappa shape index (κ1) is 50.7. The molecule has 0 saturated heterocycles. The van der Waals surface area contributed by atoms with Crippen LogP contribution in [0.3, 0.4) is 0 Å². The summed E-state index contributed by atoms with van der Waals surface area (Å²) in [6.45, 7) is 35.9. The van der Waals surface area contributed by atoms with Crippen molar-refractivity contribution in [3.63, 3.8) is 0 Å². The quantitative estimate of drug-likeness (QED) is 0.0491. The van der Waals surface area contributed by atoms with E-state index in [1.807, 2.05) is 52.9 Å². The molecule has 2 aromatic heterocycles. The van der Waals surface area contributed by atoms with Crippen molar-refractivity contribution >= 4 is 61.5 Å². The van der Waals surface area contributed by atoms with Crippen LogP contribution in [0.5, 0.6) is 0 Å². The minimum Gasteiger partial charge on any atom is -0.512 e. The van der Waals surface area contributed by atoms with Crippen molar-refractivity contribution in [1.29, 1.82) is 0 Å². The van der Waals surface area contributed by atoms with Crippen molar-refractivity contribution in [2.45, 2.75) is 160 Å². The van der Waals surface area contributed by atoms with Gasteiger partial charge in [0.1, 0.15) is 12.1 Å². The van der Waals surface area contributed by atoms with Gasteiger partial charge in [0.2, 0.25) is 0 Å². The van der Waals surface area contributed by atoms with Gasteiger partial charge in [0.25, 0.3) is 0 Å². The molecule has 0 aliphatic carbocycles. The first-order valence-corrected chi connectivity index (χ1v) is 25.6. The fourth-order valence-electron chi connectivity index (χ4n) is 9.13. The maximum Gasteiger partial charge on any atom is 0.164 e. The molecule has 0 bridgehead atoms. The van der Waals surface area contributed by atoms with Crippen LogP contribution in [0.4, 0.5) is 0 Å². The molecule has 0 unspecified atom stereocenters. The van der Waals surface area contributed by atoms with E-state index in [0.29, 0.717) is 17.8 Å². The number of aliphatic hydroxyl groups is 1. The molecule has 1 N–H and O–H groups in total. The van der Waals surface area contributed by atoms with E-state index in [0.717, 1.165) is 47.8 Å². The largest absolute Gasteiger partial charge is 0.512 e. The summed E-state index contributed by atoms with van der Waals surface area (Å²) in [7, 11) is -1.74. The maximum absolute atomic E-state index is 12.2. The topological polar surface area (TPSA) is 63.1 Å². The summed E-state index contributed by atoms with van der Waals surface area (Å²) >= 11 is 1.89. The summed E-state index contributed by atoms with van der Waals surface area (Å²) < 4.78 is 2.57. The number of fused-ring (bicyclic) bond motifs is 4. The van der Waals surface area contributed by atoms with Crippen LogP contribution in [-0.2, 0) is 30.3 Å². The Morgan fingerprint density at radius 2 is 1.32 bits per heavy atom. The number of carbonyl (C=O) groups excluding carboxylic acids is 1. The fourth-order valence-corrected chi connectivity index (χ4v) is 17.7. The molecule has 0 spiro atoms. The molecule has 2 heterocycles. The van der Waals surface area contributed by atoms with Crippen molar-refractivity contribution in [3.05, 3.63) is 77.8 Å². The number of allylic oxidation sites excluding steroid dienone is 2. The van der Waals surface area contributed by atoms with E-state index in [2.05, 4.69) is 118 Å². The molecule has 0 amide bonds. The van der Waals surface area contributed by atoms with Gasteiger partial charge in [-0.05, 0) is 61.3 Å². The number of aromatic nitrogens is 2. The molecule has 59 heavy (non-hydrogen) atoms. The van der Waals surface area contributed by atoms with E-state index in [-0.39, 0.29) is 47.9 Å². The standard InChI is InChI=1S/C37H47N2SSi.C15H28O2.Ir/c1-23(2)19-41(20-24(3)4,21-25(5)6)32-16-15-30-34-36(40-35(30)26(32)7)33(38-22-39-34)28-17-27-13-11-12-14-29(27)31(18-28)37(8,9)10;1-7-14(5,8-2)12(16)11-13(17)15(6,9-3)10-4;/h11-16,18,22-25H,19-21H2,1-10H3;11,16H,7-10H2,1-6H3;/q-1;;/b;12-11-;. The zero-order chi connectivity index (χ0) is 43.4. The van der Waals surface area contributed by atoms with E-state index >= 15 is 0 Å². The van der Waals surface area contributed by atoms with Gasteiger partial charge in [0.05, 0.1) is 13.6 Å². The molecule has 3 aromatic carbocycles. The molecule has 0 atom stereocenters. The number of ketones is 1. The SMILES string of the molecule is CCC(C)(CC)C(=O)/C=C(\O)C(C)(CC)CC.Cc1c([Si](CC(C)C)(CC(C)C)CC(C)C)ccc2c1sc1c(-c3[c-]c4ccccc4c(C(C)(C)C)c3)ncnc12.[Ir]. The Labute approximate surface area is 376 Å². The zero-order valence-electron chi connectivity index (χ0n) is 39.4. The van der Waals surface area contributed by atoms with E-state index in [4.69, 9.17) is 9.97 Å². The number of hydrogen-bond donors (Lipinski definition) is 1. The average Bonchev–Trinajstić information content (AvgIpc) is 3.55. The molecular formula is C52H75IrN2O2SSi-. The first-order valence-electron chi connectivity index (χ1n) is 22.2. The average molecular weight is 1010 g/mol. The molecule has 5 rings (SSSR count). The van der Waals surface area contributed by atoms with E-state index < -0.39 is 8.07 Å². The van der Waals surface area contributed by atoms with Crippen LogP contribution in [0.25, 0.3) is 42.3 Å². The van der Waals surface area contributed by atoms with Crippen LogP contribution in [0.2, 0.25) is 18.1 Å². The van der Waals surface area contributed by atoms with Gasteiger partial charge in [-0.15, -0.1) is 40.5 Å². The van der Waals surface area contributed by atoms with Crippen LogP contribution in [0.1, 0.15) is 141 Å². The minimum absolute atomic E-state index is 0. The zero-order valence-corrected chi connectivity index (χ0v) is 43.6. The van der Waals surface area contributed by atoms with E-state index in [1.54, 1.807) is 11.5 Å². The predicted molar refractivity (Wildman–Crippen MR) is 258 cm³/mol. The maximum atomic E-state index is 12.2. The number of nitrogens with zero attached hydrogens (tertiary/aromatic N) is 2. The summed E-state index contributed by atoms with van der Waals surface area (Å²) in [5.41, 5.74) is 5.37. The monoisotopic (exact) mass is 1010 g/mol. The summed E-state index contributed by atoms with van der Waals surface area (Å²) in [4.78, 5) is 21.9. The number of thiophene rings is 1. The Balaban J connectivity index is 0.000000439. The Morgan fingerprint density at radius 1 is 0.780 bits per heavy atom. The number of hydrogen-bond acceptors (Lipinski definition) is 5. The molecular weight excluding hydrogens is 937 g/mol. The van der Waals surface area contributed by atoms with Crippen molar-refractivity contribution in [3.8, 4) is 11.3 Å². The van der Waals surface area contributed by atoms with Crippen LogP contribution in [0, 0.1) is 41.6 Å². The molecule has 5 aromatic rings. The van der Waals surface area contributed by atoms with E-state index in [1.165, 1.54) is 55.5 Å². The predicted octanol–water partition coefficient (Wildman–Crippen LogP) is 15.3. The van der Waals surface area contributed by atoms with E-state index in [9.17, 15) is 9.90 Å². The van der Waals surface area contributed by atoms with Crippen molar-refractivity contribution in [2.24, 2.45) is 28.6 Å². The van der Waals surface area contributed by atoms with Crippen LogP contribution >= 0.6 is 11.3 Å². The number of carbonyl (C=O) groups is 1. The van der Waals surface area contributed by atoms with Crippen LogP contribution in [0.15, 0.2) is 60.6 Å². The normalized spacial score (nSPS) is 13.1. The molecule has 325 valence electrons. The summed E-state index contributed by atoms with van der Waals surface area (Å²) in [6, 6.07) is 23.6. The summed E-state index contributed by atoms with van der Waals surface area (Å²) in [5.74, 6) is 2.40. The molecule has 1 radical (unpaired) electrons. The van der Waals surface area contributed by atoms with Crippen LogP contribution < -0.4 is 5.19 Å². The number of rotatable bonds is 15. The Morgan fingerprint density at radius 3 is 1.83 bits per heavy atom. The Kier molecular flexibility index (Phi) is 17.6. The van der Waals surface area contributed by atoms with Gasteiger partial charge in [0, 0.05) is 57.5 Å². The third-order valence-corrected chi connectivity index (χ3v) is 20.9. The van der Waals surface area contributed by atoms with Gasteiger partial charge < -0.3 is 5.11 Å². The second-order valence-corrected chi connectivity index (χ2v) is 25.4. The fraction of sp³-hybridized carbons (Fsp3) is 0.558. The molecule has 7 heteroatoms. The number of aryl methyl sites for hydroxylation is 1. The van der Waals surface area contributed by atoms with Gasteiger partial charge in [-0.2, -0.15) is 0 Å². The van der Waals surface area contributed by atoms with Crippen molar-refractivity contribution in [1.82, 2.24) is 9.97 Å². The number of aliphatic hydroxyl groups excluding tert-OH is 1. The molecule has 4 nitrogen and oxygen atoms in total. The second kappa shape index (κ2) is 20.4. The van der Waals surface area contributed by atoms with Gasteiger partial charge in [-0.25, -0.2) is 4.98 Å². The molecule has 0 aliphatic rings. The smallest absolute Gasteiger partial charge is 0.164 e. The minimum atomic E-state index is -1.74. The van der Waals surface area contributed by atoms with Crippen LogP contribution in [-0.4, -0.2) is 28.9 Å². The van der Waals surface area contributed by atoms with Gasteiger partial charge in [-0.3, -0.25) is 9.78 Å². The number of benzene rings is 3. The van der Waals surface area contributed by atoms with Gasteiger partial charge >= 0.3 is 0 Å². The molecule has 0 aliphatic heterocycles. The second-order valence-electron chi connectivity index (χ2n) is 20.0. The third-order valence-electron chi connectivity index (χ3n) is 13.1. The summed E-state index contributed by atoms with van der Waals surface area (Å²) in [5, 5.41) is 15.5. The summed E-state index contributed by atoms with van der Waals surface area (Å²) in [6.07, 6.45) is 6.51. The van der Waals surface area contributed by atoms with Gasteiger partial charge in [-0.1, -0.05) is 168 Å².